The second-order valence-electron chi connectivity index (χ2n) is 2.93. The van der Waals surface area contributed by atoms with E-state index in [2.05, 4.69) is 9.47 Å². The highest BCUT2D eigenvalue weighted by atomic mass is 32.1. The first-order valence-corrected chi connectivity index (χ1v) is 5.29. The monoisotopic (exact) mass is 228 g/mol. The van der Waals surface area contributed by atoms with Crippen LogP contribution in [0.25, 0.3) is 0 Å². The molecular formula is C10H12O4S. The van der Waals surface area contributed by atoms with Crippen LogP contribution in [0.2, 0.25) is 0 Å². The fourth-order valence-corrected chi connectivity index (χ4v) is 1.98. The number of hydrogen-bond acceptors (Lipinski definition) is 5. The molecule has 1 rings (SSSR count). The van der Waals surface area contributed by atoms with Gasteiger partial charge in [0.25, 0.3) is 0 Å². The molecule has 1 aromatic rings. The van der Waals surface area contributed by atoms with Gasteiger partial charge in [-0.05, 0) is 21.9 Å². The molecule has 0 atom stereocenters. The molecule has 0 radical (unpaired) electrons. The van der Waals surface area contributed by atoms with E-state index in [1.54, 1.807) is 0 Å². The number of methoxy groups -OCH3 is 2. The van der Waals surface area contributed by atoms with Gasteiger partial charge in [0.2, 0.25) is 0 Å². The van der Waals surface area contributed by atoms with Gasteiger partial charge < -0.3 is 9.47 Å². The lowest BCUT2D eigenvalue weighted by atomic mass is 10.1. The van der Waals surface area contributed by atoms with Gasteiger partial charge in [-0.25, -0.2) is 0 Å². The van der Waals surface area contributed by atoms with Crippen LogP contribution in [-0.4, -0.2) is 26.2 Å². The van der Waals surface area contributed by atoms with Crippen LogP contribution in [0.5, 0.6) is 0 Å². The van der Waals surface area contributed by atoms with Gasteiger partial charge in [0.15, 0.2) is 0 Å². The maximum absolute atomic E-state index is 11.1. The van der Waals surface area contributed by atoms with Crippen LogP contribution < -0.4 is 0 Å². The summed E-state index contributed by atoms with van der Waals surface area (Å²) in [5.41, 5.74) is 1.66. The summed E-state index contributed by atoms with van der Waals surface area (Å²) in [5.74, 6) is -0.612. The maximum Gasteiger partial charge on any atom is 0.310 e. The van der Waals surface area contributed by atoms with Crippen LogP contribution >= 0.6 is 11.3 Å². The largest absolute Gasteiger partial charge is 0.469 e. The molecule has 0 saturated heterocycles. The van der Waals surface area contributed by atoms with Gasteiger partial charge >= 0.3 is 11.9 Å². The van der Waals surface area contributed by atoms with Crippen LogP contribution in [0.3, 0.4) is 0 Å². The minimum Gasteiger partial charge on any atom is -0.469 e. The molecule has 0 saturated carbocycles. The molecule has 0 aromatic carbocycles. The zero-order chi connectivity index (χ0) is 11.3. The van der Waals surface area contributed by atoms with E-state index >= 15 is 0 Å². The van der Waals surface area contributed by atoms with E-state index in [-0.39, 0.29) is 24.8 Å². The fourth-order valence-electron chi connectivity index (χ4n) is 1.12. The molecule has 1 heterocycles. The molecule has 1 aromatic heterocycles. The van der Waals surface area contributed by atoms with Crippen molar-refractivity contribution in [1.82, 2.24) is 0 Å². The van der Waals surface area contributed by atoms with Crippen molar-refractivity contribution < 1.29 is 19.1 Å². The molecule has 0 bridgehead atoms. The molecular weight excluding hydrogens is 216 g/mol. The first-order valence-electron chi connectivity index (χ1n) is 4.35. The summed E-state index contributed by atoms with van der Waals surface area (Å²) >= 11 is 1.46. The Morgan fingerprint density at radius 3 is 1.80 bits per heavy atom. The van der Waals surface area contributed by atoms with Gasteiger partial charge in [0.1, 0.15) is 0 Å². The molecule has 5 heteroatoms. The number of carbonyl (C=O) groups is 2. The van der Waals surface area contributed by atoms with Crippen molar-refractivity contribution in [2.24, 2.45) is 0 Å². The molecule has 82 valence electrons. The summed E-state index contributed by atoms with van der Waals surface area (Å²) in [4.78, 5) is 22.1. The number of ether oxygens (including phenoxy) is 2. The Bertz CT molecular complexity index is 324. The van der Waals surface area contributed by atoms with Crippen LogP contribution in [-0.2, 0) is 31.9 Å². The number of rotatable bonds is 4. The summed E-state index contributed by atoms with van der Waals surface area (Å²) < 4.78 is 9.12. The van der Waals surface area contributed by atoms with E-state index in [0.29, 0.717) is 0 Å². The highest BCUT2D eigenvalue weighted by Crippen LogP contribution is 2.17. The molecule has 15 heavy (non-hydrogen) atoms. The fraction of sp³-hybridized carbons (Fsp3) is 0.400. The zero-order valence-corrected chi connectivity index (χ0v) is 9.43. The Kier molecular flexibility index (Phi) is 4.30. The van der Waals surface area contributed by atoms with Crippen molar-refractivity contribution in [2.75, 3.05) is 14.2 Å². The minimum absolute atomic E-state index is 0.201. The summed E-state index contributed by atoms with van der Waals surface area (Å²) in [6.45, 7) is 0. The Morgan fingerprint density at radius 2 is 1.47 bits per heavy atom. The minimum atomic E-state index is -0.306. The Hall–Kier alpha value is -1.36. The van der Waals surface area contributed by atoms with Gasteiger partial charge in [-0.15, -0.1) is 0 Å². The van der Waals surface area contributed by atoms with Gasteiger partial charge in [-0.3, -0.25) is 9.59 Å². The Labute approximate surface area is 91.8 Å². The zero-order valence-electron chi connectivity index (χ0n) is 8.61. The summed E-state index contributed by atoms with van der Waals surface area (Å²) in [6.07, 6.45) is 0.401. The second kappa shape index (κ2) is 5.50. The number of thiophene rings is 1. The van der Waals surface area contributed by atoms with Gasteiger partial charge in [0.05, 0.1) is 27.1 Å². The SMILES string of the molecule is COC(=O)Cc1cscc1CC(=O)OC. The van der Waals surface area contributed by atoms with Gasteiger partial charge in [-0.2, -0.15) is 11.3 Å². The van der Waals surface area contributed by atoms with E-state index in [0.717, 1.165) is 11.1 Å². The molecule has 0 fully saturated rings. The summed E-state index contributed by atoms with van der Waals surface area (Å²) in [6, 6.07) is 0. The smallest absolute Gasteiger partial charge is 0.310 e. The molecule has 0 unspecified atom stereocenters. The first-order chi connectivity index (χ1) is 7.17. The van der Waals surface area contributed by atoms with E-state index < -0.39 is 0 Å². The van der Waals surface area contributed by atoms with E-state index in [9.17, 15) is 9.59 Å². The van der Waals surface area contributed by atoms with E-state index in [1.807, 2.05) is 10.8 Å². The Morgan fingerprint density at radius 1 is 1.07 bits per heavy atom. The average molecular weight is 228 g/mol. The van der Waals surface area contributed by atoms with Crippen LogP contribution in [0.1, 0.15) is 11.1 Å². The molecule has 0 amide bonds. The maximum atomic E-state index is 11.1. The van der Waals surface area contributed by atoms with Crippen molar-refractivity contribution in [3.8, 4) is 0 Å². The molecule has 0 aliphatic carbocycles. The van der Waals surface area contributed by atoms with Gasteiger partial charge in [-0.1, -0.05) is 0 Å². The number of esters is 2. The average Bonchev–Trinajstić information content (AvgIpc) is 2.65. The van der Waals surface area contributed by atoms with Crippen molar-refractivity contribution >= 4 is 23.3 Å². The quantitative estimate of drug-likeness (QED) is 0.726. The molecule has 0 N–H and O–H groups in total. The summed E-state index contributed by atoms with van der Waals surface area (Å²) in [5, 5.41) is 3.68. The van der Waals surface area contributed by atoms with Crippen LogP contribution in [0, 0.1) is 0 Å². The second-order valence-corrected chi connectivity index (χ2v) is 3.67. The standard InChI is InChI=1S/C10H12O4S/c1-13-9(11)3-7-5-15-6-8(7)4-10(12)14-2/h5-6H,3-4H2,1-2H3. The van der Waals surface area contributed by atoms with Crippen LogP contribution in [0.4, 0.5) is 0 Å². The third kappa shape index (κ3) is 3.36. The van der Waals surface area contributed by atoms with Crippen molar-refractivity contribution in [2.45, 2.75) is 12.8 Å². The lowest BCUT2D eigenvalue weighted by Gasteiger charge is -2.01. The van der Waals surface area contributed by atoms with Crippen molar-refractivity contribution in [3.63, 3.8) is 0 Å². The van der Waals surface area contributed by atoms with E-state index in [4.69, 9.17) is 0 Å². The highest BCUT2D eigenvalue weighted by Gasteiger charge is 2.12. The Balaban J connectivity index is 2.69. The van der Waals surface area contributed by atoms with E-state index in [1.165, 1.54) is 25.6 Å². The van der Waals surface area contributed by atoms with Crippen molar-refractivity contribution in [1.29, 1.82) is 0 Å². The summed E-state index contributed by atoms with van der Waals surface area (Å²) in [7, 11) is 2.68. The number of carbonyl (C=O) groups excluding carboxylic acids is 2. The lowest BCUT2D eigenvalue weighted by molar-refractivity contribution is -0.141. The number of hydrogen-bond donors (Lipinski definition) is 0. The van der Waals surface area contributed by atoms with Crippen molar-refractivity contribution in [3.05, 3.63) is 21.9 Å². The van der Waals surface area contributed by atoms with Gasteiger partial charge in [0, 0.05) is 0 Å². The molecule has 4 nitrogen and oxygen atoms in total. The molecule has 0 aliphatic heterocycles. The van der Waals surface area contributed by atoms with Crippen LogP contribution in [0.15, 0.2) is 10.8 Å². The topological polar surface area (TPSA) is 52.6 Å². The molecule has 0 spiro atoms. The third-order valence-corrected chi connectivity index (χ3v) is 2.80. The lowest BCUT2D eigenvalue weighted by Crippen LogP contribution is -2.09. The third-order valence-electron chi connectivity index (χ3n) is 1.96. The first kappa shape index (κ1) is 11.7. The predicted molar refractivity (Wildman–Crippen MR) is 55.8 cm³/mol. The highest BCUT2D eigenvalue weighted by molar-refractivity contribution is 7.08. The predicted octanol–water partition coefficient (Wildman–Crippen LogP) is 1.18. The normalized spacial score (nSPS) is 9.73. The molecule has 0 aliphatic rings.